The third kappa shape index (κ3) is 22.7. The molecule has 0 aliphatic heterocycles. The summed E-state index contributed by atoms with van der Waals surface area (Å²) < 4.78 is 4.86. The molecule has 0 N–H and O–H groups in total. The Morgan fingerprint density at radius 1 is 0.281 bits per heavy atom. The second kappa shape index (κ2) is 37.0. The molecule has 14 rings (SSSR count). The predicted molar refractivity (Wildman–Crippen MR) is 480 cm³/mol. The number of pyridine rings is 2. The van der Waals surface area contributed by atoms with Gasteiger partial charge in [0.2, 0.25) is 0 Å². The Morgan fingerprint density at radius 3 is 1.09 bits per heavy atom. The van der Waals surface area contributed by atoms with Gasteiger partial charge >= 0.3 is 0 Å². The minimum Gasteiger partial charge on any atom is -0.309 e. The van der Waals surface area contributed by atoms with Crippen LogP contribution in [-0.4, -0.2) is 19.1 Å². The van der Waals surface area contributed by atoms with Crippen LogP contribution in [0.15, 0.2) is 273 Å². The number of nitrogens with zero attached hydrogens (tertiary/aromatic N) is 8. The first-order chi connectivity index (χ1) is 53.7. The molecule has 4 aromatic heterocycles. The van der Waals surface area contributed by atoms with Crippen molar-refractivity contribution < 1.29 is 0 Å². The number of terminal acetylenes is 2. The normalized spacial score (nSPS) is 11.3. The molecule has 4 heterocycles. The van der Waals surface area contributed by atoms with Gasteiger partial charge in [0.15, 0.2) is 0 Å². The lowest BCUT2D eigenvalue weighted by Gasteiger charge is -2.23. The molecule has 0 aliphatic rings. The highest BCUT2D eigenvalue weighted by Crippen LogP contribution is 2.39. The Kier molecular flexibility index (Phi) is 28.2. The zero-order valence-corrected chi connectivity index (χ0v) is 70.7. The van der Waals surface area contributed by atoms with Crippen LogP contribution in [0.4, 0.5) is 0 Å². The number of hydrogen-bond donors (Lipinski definition) is 0. The molecule has 0 aliphatic carbocycles. The van der Waals surface area contributed by atoms with Gasteiger partial charge < -0.3 is 9.13 Å². The van der Waals surface area contributed by atoms with Crippen LogP contribution in [0.25, 0.3) is 66.2 Å². The van der Waals surface area contributed by atoms with Gasteiger partial charge in [-0.05, 0) is 176 Å². The lowest BCUT2D eigenvalue weighted by molar-refractivity contribution is 0.569. The average molecular weight is 1500 g/mol. The Labute approximate surface area is 680 Å². The molecule has 0 saturated carbocycles. The number of benzene rings is 10. The monoisotopic (exact) mass is 1490 g/mol. The maximum absolute atomic E-state index is 8.98. The third-order valence-corrected chi connectivity index (χ3v) is 19.4. The predicted octanol–water partition coefficient (Wildman–Crippen LogP) is 27.0. The van der Waals surface area contributed by atoms with E-state index in [-0.39, 0.29) is 37.9 Å². The van der Waals surface area contributed by atoms with Gasteiger partial charge in [-0.1, -0.05) is 303 Å². The Morgan fingerprint density at radius 2 is 0.684 bits per heavy atom. The van der Waals surface area contributed by atoms with Crippen molar-refractivity contribution >= 4 is 43.6 Å². The fraction of sp³-hybridized carbons (Fsp3) is 0.264. The van der Waals surface area contributed by atoms with E-state index >= 15 is 0 Å². The molecule has 574 valence electrons. The summed E-state index contributed by atoms with van der Waals surface area (Å²) >= 11 is 0. The van der Waals surface area contributed by atoms with E-state index in [1.54, 1.807) is 12.1 Å². The van der Waals surface area contributed by atoms with Crippen LogP contribution in [0.3, 0.4) is 0 Å². The first-order valence-electron chi connectivity index (χ1n) is 38.8. The third-order valence-electron chi connectivity index (χ3n) is 19.4. The van der Waals surface area contributed by atoms with Crippen LogP contribution in [0.2, 0.25) is 0 Å². The Hall–Kier alpha value is -12.8. The van der Waals surface area contributed by atoms with Crippen molar-refractivity contribution in [2.24, 2.45) is 0 Å². The highest BCUT2D eigenvalue weighted by molar-refractivity contribution is 6.10. The zero-order chi connectivity index (χ0) is 83.6. The SMILES string of the molecule is C#Cc1cc(C#N)cc(C(C)(C)C)c1.C#Cc1cccc(C#N)c1C(C)(C)C.CC(C)(C)c1cc(-n2c3ccccc3c3ccccc32)cc(-n2c3ccccc3c3ccccc32)c1.CC(C)(C)c1ccc(C#N)cc1.CC(C)(C)c1cccc(-c2ccccc2)n1.CC(C)(C)c1cccc(C#N)c1.CC(C)(C)c1ccccn1. The van der Waals surface area contributed by atoms with E-state index in [2.05, 4.69) is 353 Å². The number of para-hydroxylation sites is 4. The molecule has 0 saturated heterocycles. The van der Waals surface area contributed by atoms with Crippen LogP contribution >= 0.6 is 0 Å². The van der Waals surface area contributed by atoms with Gasteiger partial charge in [-0.2, -0.15) is 21.0 Å². The quantitative estimate of drug-likeness (QED) is 0.162. The molecular weight excluding hydrogens is 1390 g/mol. The molecule has 8 nitrogen and oxygen atoms in total. The highest BCUT2D eigenvalue weighted by atomic mass is 15.0. The summed E-state index contributed by atoms with van der Waals surface area (Å²) in [6.45, 7) is 45.3. The summed E-state index contributed by atoms with van der Waals surface area (Å²) in [5, 5.41) is 40.2. The van der Waals surface area contributed by atoms with Gasteiger partial charge in [0, 0.05) is 78.0 Å². The van der Waals surface area contributed by atoms with Gasteiger partial charge in [0.1, 0.15) is 0 Å². The maximum atomic E-state index is 8.98. The van der Waals surface area contributed by atoms with Crippen molar-refractivity contribution in [3.05, 3.63) is 346 Å². The molecule has 0 spiro atoms. The number of hydrogen-bond acceptors (Lipinski definition) is 6. The molecule has 14 aromatic rings. The topological polar surface area (TPSA) is 131 Å². The van der Waals surface area contributed by atoms with Crippen LogP contribution in [0, 0.1) is 70.0 Å². The standard InChI is InChI=1S/C34H28N2.C15H17N.2C13H13N.2C11H13N.C9H13N/c1-34(2,3)23-20-24(35-30-16-8-4-12-26(30)27-13-5-9-17-31(27)35)22-25(21-23)36-32-18-10-6-14-28(32)29-15-7-11-19-33(29)36;1-15(2,3)14-11-7-10-13(16-14)12-8-5-4-6-9-12;1-5-10-6-11(9-14)8-12(7-10)13(2,3)4;1-5-10-7-6-8-11(9-14)12(10)13(2,3)4;1-11(2,3)10-6-4-9(8-12)5-7-10;1-11(2,3)10-6-4-5-9(7-10)8-12;1-9(2,3)8-6-4-5-7-10-8/h4-22H,1-3H3;4-11H,1-3H3;2*1,6-8H,2-4H3;2*4-7H,1-3H3;4-7H,1-3H3. The fourth-order valence-electron chi connectivity index (χ4n) is 13.0. The average Bonchev–Trinajstić information content (AvgIpc) is 1.59. The number of fused-ring (bicyclic) bond motifs is 6. The van der Waals surface area contributed by atoms with E-state index in [4.69, 9.17) is 38.9 Å². The minimum absolute atomic E-state index is 0.00226. The molecule has 0 bridgehead atoms. The van der Waals surface area contributed by atoms with Crippen molar-refractivity contribution in [1.29, 1.82) is 21.0 Å². The van der Waals surface area contributed by atoms with E-state index in [1.807, 2.05) is 103 Å². The van der Waals surface area contributed by atoms with E-state index in [0.29, 0.717) is 11.1 Å². The second-order valence-corrected chi connectivity index (χ2v) is 35.6. The molecule has 0 fully saturated rings. The summed E-state index contributed by atoms with van der Waals surface area (Å²) in [5.74, 6) is 5.19. The van der Waals surface area contributed by atoms with Crippen molar-refractivity contribution in [2.45, 2.75) is 183 Å². The molecule has 0 amide bonds. The summed E-state index contributed by atoms with van der Waals surface area (Å²) in [5.41, 5.74) is 22.6. The van der Waals surface area contributed by atoms with Crippen molar-refractivity contribution in [3.63, 3.8) is 0 Å². The van der Waals surface area contributed by atoms with Gasteiger partial charge in [-0.25, -0.2) is 0 Å². The van der Waals surface area contributed by atoms with Crippen molar-refractivity contribution in [3.8, 4) is 71.6 Å². The summed E-state index contributed by atoms with van der Waals surface area (Å²) in [6.07, 6.45) is 12.6. The second-order valence-electron chi connectivity index (χ2n) is 35.6. The number of nitriles is 4. The zero-order valence-electron chi connectivity index (χ0n) is 70.7. The first kappa shape index (κ1) is 86.8. The fourth-order valence-corrected chi connectivity index (χ4v) is 13.0. The van der Waals surface area contributed by atoms with Crippen LogP contribution in [-0.2, 0) is 37.9 Å². The van der Waals surface area contributed by atoms with Crippen LogP contribution < -0.4 is 0 Å². The largest absolute Gasteiger partial charge is 0.309 e. The first-order valence-corrected chi connectivity index (χ1v) is 38.8. The van der Waals surface area contributed by atoms with E-state index in [1.165, 1.54) is 77.2 Å². The molecule has 0 atom stereocenters. The number of aromatic nitrogens is 4. The summed E-state index contributed by atoms with van der Waals surface area (Å²) in [7, 11) is 0. The van der Waals surface area contributed by atoms with Gasteiger partial charge in [-0.3, -0.25) is 9.97 Å². The molecule has 0 radical (unpaired) electrons. The number of rotatable bonds is 3. The van der Waals surface area contributed by atoms with E-state index < -0.39 is 0 Å². The maximum Gasteiger partial charge on any atom is 0.0995 e. The highest BCUT2D eigenvalue weighted by Gasteiger charge is 2.24. The van der Waals surface area contributed by atoms with E-state index in [9.17, 15) is 0 Å². The van der Waals surface area contributed by atoms with Gasteiger partial charge in [0.05, 0.1) is 74.3 Å². The van der Waals surface area contributed by atoms with E-state index in [0.717, 1.165) is 50.5 Å². The Balaban J connectivity index is 0.000000178. The summed E-state index contributed by atoms with van der Waals surface area (Å²) in [4.78, 5) is 8.96. The molecule has 10 aromatic carbocycles. The van der Waals surface area contributed by atoms with Gasteiger partial charge in [-0.15, -0.1) is 12.8 Å². The minimum atomic E-state index is -0.0893. The van der Waals surface area contributed by atoms with Crippen molar-refractivity contribution in [1.82, 2.24) is 19.1 Å². The molecule has 0 unspecified atom stereocenters. The Bertz CT molecular complexity index is 5590. The van der Waals surface area contributed by atoms with Crippen molar-refractivity contribution in [2.75, 3.05) is 0 Å². The molecular formula is C106H110N8. The summed E-state index contributed by atoms with van der Waals surface area (Å²) in [6, 6.07) is 99.7. The van der Waals surface area contributed by atoms with Crippen LogP contribution in [0.5, 0.6) is 0 Å². The molecule has 8 heteroatoms. The lowest BCUT2D eigenvalue weighted by atomic mass is 9.81. The lowest BCUT2D eigenvalue weighted by Crippen LogP contribution is -2.15. The van der Waals surface area contributed by atoms with Gasteiger partial charge in [0.25, 0.3) is 0 Å². The molecule has 114 heavy (non-hydrogen) atoms. The smallest absolute Gasteiger partial charge is 0.0995 e. The van der Waals surface area contributed by atoms with Crippen LogP contribution in [0.1, 0.15) is 218 Å².